The molecule has 1 amide bonds. The van der Waals surface area contributed by atoms with Crippen LogP contribution in [0.15, 0.2) is 54.6 Å². The van der Waals surface area contributed by atoms with Gasteiger partial charge in [-0.2, -0.15) is 13.2 Å². The van der Waals surface area contributed by atoms with Crippen LogP contribution in [0, 0.1) is 0 Å². The second-order valence-corrected chi connectivity index (χ2v) is 5.06. The topological polar surface area (TPSA) is 58.6 Å². The van der Waals surface area contributed by atoms with E-state index in [0.29, 0.717) is 6.42 Å². The molecular weight excluding hydrogens is 323 g/mol. The average Bonchev–Trinajstić information content (AvgIpc) is 2.54. The minimum atomic E-state index is -4.40. The number of rotatable bonds is 6. The molecule has 0 heterocycles. The lowest BCUT2D eigenvalue weighted by atomic mass is 10.1. The number of nitrogens with one attached hydrogen (secondary N) is 1. The Morgan fingerprint density at radius 3 is 2.25 bits per heavy atom. The number of carbonyl (C=O) groups is 1. The van der Waals surface area contributed by atoms with Crippen molar-refractivity contribution in [2.24, 2.45) is 0 Å². The van der Waals surface area contributed by atoms with Gasteiger partial charge in [0, 0.05) is 13.0 Å². The van der Waals surface area contributed by atoms with Gasteiger partial charge in [0.1, 0.15) is 11.9 Å². The van der Waals surface area contributed by atoms with E-state index in [-0.39, 0.29) is 12.3 Å². The molecule has 4 nitrogen and oxygen atoms in total. The number of benzene rings is 2. The Hall–Kier alpha value is -2.70. The predicted octanol–water partition coefficient (Wildman–Crippen LogP) is 4.48. The first kappa shape index (κ1) is 17.7. The molecule has 24 heavy (non-hydrogen) atoms. The normalized spacial score (nSPS) is 12.5. The van der Waals surface area contributed by atoms with Gasteiger partial charge in [-0.15, -0.1) is 0 Å². The van der Waals surface area contributed by atoms with Crippen LogP contribution in [-0.2, 0) is 6.18 Å². The molecule has 0 saturated heterocycles. The highest BCUT2D eigenvalue weighted by molar-refractivity contribution is 5.64. The van der Waals surface area contributed by atoms with Gasteiger partial charge in [0.25, 0.3) is 0 Å². The maximum absolute atomic E-state index is 12.6. The number of ether oxygens (including phenoxy) is 1. The van der Waals surface area contributed by atoms with Crippen LogP contribution in [-0.4, -0.2) is 17.7 Å². The van der Waals surface area contributed by atoms with Crippen molar-refractivity contribution < 1.29 is 27.8 Å². The molecule has 0 aliphatic rings. The zero-order chi connectivity index (χ0) is 17.6. The molecule has 1 unspecified atom stereocenters. The van der Waals surface area contributed by atoms with Crippen LogP contribution in [0.5, 0.6) is 5.75 Å². The summed E-state index contributed by atoms with van der Waals surface area (Å²) in [5.41, 5.74) is 0.0586. The number of hydrogen-bond donors (Lipinski definition) is 2. The highest BCUT2D eigenvalue weighted by Crippen LogP contribution is 2.31. The first-order valence-corrected chi connectivity index (χ1v) is 7.22. The summed E-state index contributed by atoms with van der Waals surface area (Å²) < 4.78 is 43.5. The number of amides is 1. The van der Waals surface area contributed by atoms with E-state index in [9.17, 15) is 18.0 Å². The third-order valence-corrected chi connectivity index (χ3v) is 3.31. The monoisotopic (exact) mass is 339 g/mol. The number of hydrogen-bond acceptors (Lipinski definition) is 2. The Balaban J connectivity index is 2.11. The Morgan fingerprint density at radius 2 is 1.71 bits per heavy atom. The van der Waals surface area contributed by atoms with Crippen molar-refractivity contribution in [1.29, 1.82) is 0 Å². The molecule has 0 aromatic heterocycles. The van der Waals surface area contributed by atoms with E-state index < -0.39 is 23.9 Å². The lowest BCUT2D eigenvalue weighted by Crippen LogP contribution is -2.24. The molecule has 0 aliphatic carbocycles. The van der Waals surface area contributed by atoms with Crippen LogP contribution >= 0.6 is 0 Å². The highest BCUT2D eigenvalue weighted by Gasteiger charge is 2.30. The zero-order valence-electron chi connectivity index (χ0n) is 12.6. The van der Waals surface area contributed by atoms with Crippen LogP contribution in [0.2, 0.25) is 0 Å². The second-order valence-electron chi connectivity index (χ2n) is 5.06. The standard InChI is InChI=1S/C17H16F3NO3/c18-17(19,20)13-6-8-14(9-7-13)24-15(10-11-21-16(22)23)12-4-2-1-3-5-12/h1-9,15,21H,10-11H2,(H,22,23). The van der Waals surface area contributed by atoms with Crippen LogP contribution in [0.4, 0.5) is 18.0 Å². The quantitative estimate of drug-likeness (QED) is 0.816. The molecule has 0 bridgehead atoms. The molecule has 0 fully saturated rings. The first-order valence-electron chi connectivity index (χ1n) is 7.22. The summed E-state index contributed by atoms with van der Waals surface area (Å²) in [7, 11) is 0. The molecule has 2 rings (SSSR count). The van der Waals surface area contributed by atoms with Gasteiger partial charge in [-0.3, -0.25) is 0 Å². The summed E-state index contributed by atoms with van der Waals surface area (Å²) in [6, 6.07) is 13.5. The van der Waals surface area contributed by atoms with Gasteiger partial charge in [-0.25, -0.2) is 4.79 Å². The number of alkyl halides is 3. The molecule has 128 valence electrons. The fourth-order valence-corrected chi connectivity index (χ4v) is 2.16. The molecular formula is C17H16F3NO3. The van der Waals surface area contributed by atoms with Crippen molar-refractivity contribution in [1.82, 2.24) is 5.32 Å². The van der Waals surface area contributed by atoms with E-state index in [1.165, 1.54) is 12.1 Å². The molecule has 0 radical (unpaired) electrons. The molecule has 2 aromatic rings. The fraction of sp³-hybridized carbons (Fsp3) is 0.235. The summed E-state index contributed by atoms with van der Waals surface area (Å²) in [4.78, 5) is 10.5. The van der Waals surface area contributed by atoms with E-state index in [4.69, 9.17) is 9.84 Å². The molecule has 0 saturated carbocycles. The Bertz CT molecular complexity index is 657. The van der Waals surface area contributed by atoms with Gasteiger partial charge < -0.3 is 15.2 Å². The lowest BCUT2D eigenvalue weighted by molar-refractivity contribution is -0.137. The smallest absolute Gasteiger partial charge is 0.416 e. The SMILES string of the molecule is O=C(O)NCCC(Oc1ccc(C(F)(F)F)cc1)c1ccccc1. The molecule has 0 spiro atoms. The Kier molecular flexibility index (Phi) is 5.68. The van der Waals surface area contributed by atoms with Crippen molar-refractivity contribution >= 4 is 6.09 Å². The third-order valence-electron chi connectivity index (χ3n) is 3.31. The molecule has 2 N–H and O–H groups in total. The van der Waals surface area contributed by atoms with Gasteiger partial charge in [0.05, 0.1) is 5.56 Å². The van der Waals surface area contributed by atoms with E-state index in [0.717, 1.165) is 17.7 Å². The number of halogens is 3. The van der Waals surface area contributed by atoms with Crippen molar-refractivity contribution in [3.05, 3.63) is 65.7 Å². The van der Waals surface area contributed by atoms with Crippen LogP contribution in [0.25, 0.3) is 0 Å². The summed E-state index contributed by atoms with van der Waals surface area (Å²) in [6.07, 6.45) is -5.67. The Morgan fingerprint density at radius 1 is 1.08 bits per heavy atom. The summed E-state index contributed by atoms with van der Waals surface area (Å²) in [6.45, 7) is 0.162. The Labute approximate surface area is 136 Å². The van der Waals surface area contributed by atoms with Crippen molar-refractivity contribution in [2.75, 3.05) is 6.54 Å². The van der Waals surface area contributed by atoms with E-state index in [2.05, 4.69) is 5.32 Å². The van der Waals surface area contributed by atoms with Crippen molar-refractivity contribution in [2.45, 2.75) is 18.7 Å². The molecule has 2 aromatic carbocycles. The average molecular weight is 339 g/mol. The highest BCUT2D eigenvalue weighted by atomic mass is 19.4. The van der Waals surface area contributed by atoms with Crippen LogP contribution < -0.4 is 10.1 Å². The molecule has 1 atom stereocenters. The van der Waals surface area contributed by atoms with Crippen molar-refractivity contribution in [3.8, 4) is 5.75 Å². The first-order chi connectivity index (χ1) is 11.4. The maximum atomic E-state index is 12.6. The maximum Gasteiger partial charge on any atom is 0.416 e. The van der Waals surface area contributed by atoms with Gasteiger partial charge >= 0.3 is 12.3 Å². The second kappa shape index (κ2) is 7.72. The van der Waals surface area contributed by atoms with Gasteiger partial charge in [0.2, 0.25) is 0 Å². The predicted molar refractivity (Wildman–Crippen MR) is 81.9 cm³/mol. The van der Waals surface area contributed by atoms with Gasteiger partial charge in [-0.05, 0) is 29.8 Å². The summed E-state index contributed by atoms with van der Waals surface area (Å²) in [5, 5.41) is 10.9. The fourth-order valence-electron chi connectivity index (χ4n) is 2.16. The van der Waals surface area contributed by atoms with Crippen LogP contribution in [0.1, 0.15) is 23.7 Å². The molecule has 7 heteroatoms. The number of carboxylic acid groups (broad SMARTS) is 1. The largest absolute Gasteiger partial charge is 0.486 e. The summed E-state index contributed by atoms with van der Waals surface area (Å²) in [5.74, 6) is 0.284. The zero-order valence-corrected chi connectivity index (χ0v) is 12.6. The van der Waals surface area contributed by atoms with E-state index in [1.54, 1.807) is 0 Å². The van der Waals surface area contributed by atoms with Gasteiger partial charge in [0.15, 0.2) is 0 Å². The summed E-state index contributed by atoms with van der Waals surface area (Å²) >= 11 is 0. The third kappa shape index (κ3) is 5.19. The van der Waals surface area contributed by atoms with Crippen molar-refractivity contribution in [3.63, 3.8) is 0 Å². The van der Waals surface area contributed by atoms with E-state index in [1.807, 2.05) is 30.3 Å². The molecule has 0 aliphatic heterocycles. The lowest BCUT2D eigenvalue weighted by Gasteiger charge is -2.20. The minimum Gasteiger partial charge on any atom is -0.486 e. The van der Waals surface area contributed by atoms with E-state index >= 15 is 0 Å². The van der Waals surface area contributed by atoms with Gasteiger partial charge in [-0.1, -0.05) is 30.3 Å². The minimum absolute atomic E-state index is 0.162. The van der Waals surface area contributed by atoms with Crippen LogP contribution in [0.3, 0.4) is 0 Å².